The third-order valence-electron chi connectivity index (χ3n) is 4.84. The lowest BCUT2D eigenvalue weighted by Crippen LogP contribution is -2.35. The van der Waals surface area contributed by atoms with E-state index in [-0.39, 0.29) is 11.9 Å². The van der Waals surface area contributed by atoms with Crippen molar-refractivity contribution < 1.29 is 4.79 Å². The summed E-state index contributed by atoms with van der Waals surface area (Å²) in [5, 5.41) is 7.10. The van der Waals surface area contributed by atoms with Gasteiger partial charge in [-0.05, 0) is 31.5 Å². The summed E-state index contributed by atoms with van der Waals surface area (Å²) in [6, 6.07) is 9.86. The van der Waals surface area contributed by atoms with Crippen molar-refractivity contribution in [2.75, 3.05) is 30.9 Å². The number of nitrogens with two attached hydrogens (primary N) is 1. The highest BCUT2D eigenvalue weighted by Crippen LogP contribution is 2.23. The number of amides is 1. The van der Waals surface area contributed by atoms with Crippen LogP contribution in [0, 0.1) is 11.8 Å². The molecule has 1 amide bonds. The number of anilines is 2. The Hall–Kier alpha value is -3.57. The maximum Gasteiger partial charge on any atom is 0.272 e. The maximum atomic E-state index is 13.2. The van der Waals surface area contributed by atoms with Crippen LogP contribution in [0.4, 0.5) is 11.8 Å². The van der Waals surface area contributed by atoms with E-state index in [0.717, 1.165) is 16.5 Å². The van der Waals surface area contributed by atoms with Crippen LogP contribution in [0.25, 0.3) is 10.9 Å². The number of fused-ring (bicyclic) bond motifs is 1. The second-order valence-corrected chi connectivity index (χ2v) is 7.44. The highest BCUT2D eigenvalue weighted by molar-refractivity contribution is 5.98. The molecule has 2 aromatic heterocycles. The molecule has 1 aromatic carbocycles. The SMILES string of the molecule is CC#CCn1c(N(C)CC(C)N)nc(NC)c1C(=O)NCc1ccc2cccnc2c1. The zero-order valence-electron chi connectivity index (χ0n) is 18.4. The molecule has 0 radical (unpaired) electrons. The van der Waals surface area contributed by atoms with Crippen LogP contribution >= 0.6 is 0 Å². The van der Waals surface area contributed by atoms with Gasteiger partial charge in [-0.1, -0.05) is 24.1 Å². The van der Waals surface area contributed by atoms with E-state index in [1.54, 1.807) is 20.2 Å². The van der Waals surface area contributed by atoms with Crippen LogP contribution in [0.2, 0.25) is 0 Å². The molecule has 4 N–H and O–H groups in total. The minimum atomic E-state index is -0.226. The number of nitrogens with one attached hydrogen (secondary N) is 2. The first-order valence-electron chi connectivity index (χ1n) is 10.2. The molecule has 0 bridgehead atoms. The Labute approximate surface area is 182 Å². The van der Waals surface area contributed by atoms with E-state index in [1.807, 2.05) is 53.8 Å². The number of carbonyl (C=O) groups is 1. The van der Waals surface area contributed by atoms with Gasteiger partial charge in [0.15, 0.2) is 11.5 Å². The molecule has 0 aliphatic heterocycles. The van der Waals surface area contributed by atoms with Gasteiger partial charge in [0.25, 0.3) is 5.91 Å². The van der Waals surface area contributed by atoms with Crippen molar-refractivity contribution in [2.45, 2.75) is 33.0 Å². The lowest BCUT2D eigenvalue weighted by Gasteiger charge is -2.21. The minimum Gasteiger partial charge on any atom is -0.371 e. The van der Waals surface area contributed by atoms with Gasteiger partial charge in [-0.25, -0.2) is 0 Å². The molecule has 3 aromatic rings. The zero-order valence-corrected chi connectivity index (χ0v) is 18.4. The van der Waals surface area contributed by atoms with Crippen LogP contribution in [0.3, 0.4) is 0 Å². The second-order valence-electron chi connectivity index (χ2n) is 7.44. The molecule has 1 atom stereocenters. The first-order valence-corrected chi connectivity index (χ1v) is 10.2. The van der Waals surface area contributed by atoms with Crippen LogP contribution in [0.15, 0.2) is 36.5 Å². The van der Waals surface area contributed by atoms with Crippen molar-refractivity contribution in [3.8, 4) is 11.8 Å². The molecule has 162 valence electrons. The Morgan fingerprint density at radius 3 is 2.87 bits per heavy atom. The number of imidazole rings is 1. The Morgan fingerprint density at radius 1 is 1.35 bits per heavy atom. The molecule has 0 spiro atoms. The van der Waals surface area contributed by atoms with Gasteiger partial charge in [-0.15, -0.1) is 5.92 Å². The highest BCUT2D eigenvalue weighted by atomic mass is 16.2. The molecule has 31 heavy (non-hydrogen) atoms. The summed E-state index contributed by atoms with van der Waals surface area (Å²) in [6.45, 7) is 5.04. The van der Waals surface area contributed by atoms with Gasteiger partial charge in [0, 0.05) is 44.8 Å². The maximum absolute atomic E-state index is 13.2. The number of aromatic nitrogens is 3. The van der Waals surface area contributed by atoms with E-state index in [2.05, 4.69) is 32.4 Å². The summed E-state index contributed by atoms with van der Waals surface area (Å²) in [5.74, 6) is 6.85. The summed E-state index contributed by atoms with van der Waals surface area (Å²) in [5.41, 5.74) is 8.27. The molecule has 1 unspecified atom stereocenters. The quantitative estimate of drug-likeness (QED) is 0.484. The largest absolute Gasteiger partial charge is 0.371 e. The lowest BCUT2D eigenvalue weighted by molar-refractivity contribution is 0.0943. The zero-order chi connectivity index (χ0) is 22.4. The first-order chi connectivity index (χ1) is 14.9. The molecule has 2 heterocycles. The van der Waals surface area contributed by atoms with Crippen molar-refractivity contribution >= 4 is 28.6 Å². The molecule has 0 aliphatic carbocycles. The van der Waals surface area contributed by atoms with E-state index in [0.29, 0.717) is 37.1 Å². The van der Waals surface area contributed by atoms with E-state index in [4.69, 9.17) is 5.73 Å². The molecular weight excluding hydrogens is 390 g/mol. The van der Waals surface area contributed by atoms with Gasteiger partial charge < -0.3 is 21.3 Å². The Balaban J connectivity index is 1.88. The fraction of sp³-hybridized carbons (Fsp3) is 0.348. The molecule has 8 heteroatoms. The first kappa shape index (κ1) is 22.1. The lowest BCUT2D eigenvalue weighted by atomic mass is 10.1. The van der Waals surface area contributed by atoms with E-state index >= 15 is 0 Å². The molecular formula is C23H29N7O. The fourth-order valence-corrected chi connectivity index (χ4v) is 3.45. The van der Waals surface area contributed by atoms with Gasteiger partial charge >= 0.3 is 0 Å². The predicted octanol–water partition coefficient (Wildman–Crippen LogP) is 2.21. The van der Waals surface area contributed by atoms with Crippen molar-refractivity contribution in [1.29, 1.82) is 0 Å². The topological polar surface area (TPSA) is 101 Å². The smallest absolute Gasteiger partial charge is 0.272 e. The predicted molar refractivity (Wildman–Crippen MR) is 125 cm³/mol. The minimum absolute atomic E-state index is 0.0377. The van der Waals surface area contributed by atoms with Crippen molar-refractivity contribution in [2.24, 2.45) is 5.73 Å². The number of likely N-dealkylation sites (N-methyl/N-ethyl adjacent to an activating group) is 1. The molecule has 0 aliphatic rings. The summed E-state index contributed by atoms with van der Waals surface area (Å²) in [4.78, 5) is 24.1. The van der Waals surface area contributed by atoms with Crippen molar-refractivity contribution in [3.05, 3.63) is 47.8 Å². The molecule has 0 saturated heterocycles. The number of hydrogen-bond acceptors (Lipinski definition) is 6. The monoisotopic (exact) mass is 419 g/mol. The van der Waals surface area contributed by atoms with Crippen molar-refractivity contribution in [3.63, 3.8) is 0 Å². The third-order valence-corrected chi connectivity index (χ3v) is 4.84. The van der Waals surface area contributed by atoms with Crippen LogP contribution in [0.5, 0.6) is 0 Å². The van der Waals surface area contributed by atoms with E-state index in [9.17, 15) is 4.79 Å². The summed E-state index contributed by atoms with van der Waals surface area (Å²) in [6.07, 6.45) is 1.76. The molecule has 0 saturated carbocycles. The fourth-order valence-electron chi connectivity index (χ4n) is 3.45. The number of rotatable bonds is 8. The Bertz CT molecular complexity index is 1120. The number of carbonyl (C=O) groups excluding carboxylic acids is 1. The summed E-state index contributed by atoms with van der Waals surface area (Å²) in [7, 11) is 3.66. The molecule has 3 rings (SSSR count). The van der Waals surface area contributed by atoms with Crippen molar-refractivity contribution in [1.82, 2.24) is 19.9 Å². The van der Waals surface area contributed by atoms with Crippen LogP contribution < -0.4 is 21.3 Å². The number of hydrogen-bond donors (Lipinski definition) is 3. The normalized spacial score (nSPS) is 11.5. The number of pyridine rings is 1. The summed E-state index contributed by atoms with van der Waals surface area (Å²) < 4.78 is 1.82. The number of nitrogens with zero attached hydrogens (tertiary/aromatic N) is 4. The number of benzene rings is 1. The van der Waals surface area contributed by atoms with Gasteiger partial charge in [-0.2, -0.15) is 4.98 Å². The van der Waals surface area contributed by atoms with Gasteiger partial charge in [-0.3, -0.25) is 14.3 Å². The Kier molecular flexibility index (Phi) is 7.11. The average molecular weight is 420 g/mol. The van der Waals surface area contributed by atoms with Crippen LogP contribution in [0.1, 0.15) is 29.9 Å². The molecule has 8 nitrogen and oxygen atoms in total. The van der Waals surface area contributed by atoms with Crippen LogP contribution in [-0.4, -0.2) is 47.1 Å². The highest BCUT2D eigenvalue weighted by Gasteiger charge is 2.24. The Morgan fingerprint density at radius 2 is 2.16 bits per heavy atom. The average Bonchev–Trinajstić information content (AvgIpc) is 3.14. The van der Waals surface area contributed by atoms with E-state index < -0.39 is 0 Å². The van der Waals surface area contributed by atoms with Gasteiger partial charge in [0.1, 0.15) is 0 Å². The van der Waals surface area contributed by atoms with E-state index in [1.165, 1.54) is 0 Å². The standard InChI is InChI=1S/C23H29N7O/c1-5-6-12-30-20(21(25-3)28-23(30)29(4)15-16(2)24)22(31)27-14-17-9-10-18-8-7-11-26-19(18)13-17/h7-11,13,16,25H,12,14-15,24H2,1-4H3,(H,27,31). The second kappa shape index (κ2) is 9.96. The van der Waals surface area contributed by atoms with Gasteiger partial charge in [0.2, 0.25) is 5.95 Å². The van der Waals surface area contributed by atoms with Gasteiger partial charge in [0.05, 0.1) is 12.1 Å². The summed E-state index contributed by atoms with van der Waals surface area (Å²) >= 11 is 0. The molecule has 0 fully saturated rings. The third kappa shape index (κ3) is 5.13. The van der Waals surface area contributed by atoms with Crippen LogP contribution in [-0.2, 0) is 13.1 Å².